The van der Waals surface area contributed by atoms with Crippen molar-refractivity contribution in [2.45, 2.75) is 12.0 Å². The lowest BCUT2D eigenvalue weighted by atomic mass is 9.81. The molecule has 8 heteroatoms. The number of benzene rings is 2. The molecule has 0 spiro atoms. The Hall–Kier alpha value is -3.52. The van der Waals surface area contributed by atoms with Crippen molar-refractivity contribution in [2.75, 3.05) is 52.3 Å². The first kappa shape index (κ1) is 23.2. The van der Waals surface area contributed by atoms with Gasteiger partial charge in [-0.15, -0.1) is 11.3 Å². The Kier molecular flexibility index (Phi) is 6.38. The Balaban J connectivity index is 1.51. The molecule has 0 unspecified atom stereocenters. The fraction of sp³-hybridized carbons (Fsp3) is 0.333. The lowest BCUT2D eigenvalue weighted by molar-refractivity contribution is -0.134. The van der Waals surface area contributed by atoms with E-state index in [1.165, 1.54) is 5.69 Å². The van der Waals surface area contributed by atoms with E-state index in [4.69, 9.17) is 9.47 Å². The zero-order chi connectivity index (χ0) is 24.5. The molecule has 2 amide bonds. The van der Waals surface area contributed by atoms with E-state index in [1.54, 1.807) is 43.6 Å². The molecule has 1 aromatic heterocycles. The highest BCUT2D eigenvalue weighted by atomic mass is 32.1. The minimum absolute atomic E-state index is 0.0314. The molecule has 0 aliphatic carbocycles. The number of fused-ring (bicyclic) bond motifs is 1. The second kappa shape index (κ2) is 9.62. The molecule has 3 heterocycles. The smallest absolute Gasteiger partial charge is 0.254 e. The molecular weight excluding hydrogens is 462 g/mol. The van der Waals surface area contributed by atoms with E-state index < -0.39 is 5.92 Å². The van der Waals surface area contributed by atoms with Gasteiger partial charge in [0.1, 0.15) is 0 Å². The van der Waals surface area contributed by atoms with Gasteiger partial charge in [-0.2, -0.15) is 0 Å². The van der Waals surface area contributed by atoms with E-state index in [0.717, 1.165) is 18.0 Å². The highest BCUT2D eigenvalue weighted by molar-refractivity contribution is 7.10. The fourth-order valence-corrected chi connectivity index (χ4v) is 6.06. The van der Waals surface area contributed by atoms with Gasteiger partial charge in [0.25, 0.3) is 5.91 Å². The molecule has 0 bridgehead atoms. The number of amides is 2. The molecule has 2 atom stereocenters. The third kappa shape index (κ3) is 4.12. The third-order valence-electron chi connectivity index (χ3n) is 6.99. The van der Waals surface area contributed by atoms with Crippen LogP contribution in [-0.2, 0) is 4.79 Å². The first-order chi connectivity index (χ1) is 17.0. The van der Waals surface area contributed by atoms with Crippen LogP contribution in [0.3, 0.4) is 0 Å². The van der Waals surface area contributed by atoms with E-state index in [1.807, 2.05) is 46.7 Å². The molecule has 2 aliphatic rings. The van der Waals surface area contributed by atoms with E-state index in [-0.39, 0.29) is 17.9 Å². The summed E-state index contributed by atoms with van der Waals surface area (Å²) in [6.45, 7) is 2.78. The normalized spacial score (nSPS) is 20.0. The number of hydrogen-bond donors (Lipinski definition) is 0. The quantitative estimate of drug-likeness (QED) is 0.540. The van der Waals surface area contributed by atoms with Crippen LogP contribution in [-0.4, -0.2) is 69.1 Å². The number of piperazine rings is 1. The van der Waals surface area contributed by atoms with Gasteiger partial charge in [-0.1, -0.05) is 24.3 Å². The van der Waals surface area contributed by atoms with Gasteiger partial charge in [0.15, 0.2) is 11.5 Å². The van der Waals surface area contributed by atoms with Crippen LogP contribution in [0.25, 0.3) is 0 Å². The Bertz CT molecular complexity index is 1210. The van der Waals surface area contributed by atoms with Crippen molar-refractivity contribution in [2.24, 2.45) is 0 Å². The highest BCUT2D eigenvalue weighted by Crippen LogP contribution is 2.47. The van der Waals surface area contributed by atoms with E-state index in [0.29, 0.717) is 35.7 Å². The highest BCUT2D eigenvalue weighted by Gasteiger charge is 2.45. The molecule has 1 saturated heterocycles. The zero-order valence-electron chi connectivity index (χ0n) is 20.1. The molecular formula is C27H29N3O4S. The predicted molar refractivity (Wildman–Crippen MR) is 137 cm³/mol. The van der Waals surface area contributed by atoms with E-state index in [9.17, 15) is 9.59 Å². The molecule has 1 fully saturated rings. The van der Waals surface area contributed by atoms with Gasteiger partial charge >= 0.3 is 0 Å². The minimum Gasteiger partial charge on any atom is -0.493 e. The van der Waals surface area contributed by atoms with Gasteiger partial charge in [-0.05, 0) is 41.3 Å². The number of anilines is 1. The Morgan fingerprint density at radius 3 is 2.26 bits per heavy atom. The maximum Gasteiger partial charge on any atom is 0.254 e. The molecule has 182 valence electrons. The number of carbonyl (C=O) groups excluding carboxylic acids is 2. The first-order valence-electron chi connectivity index (χ1n) is 11.7. The standard InChI is InChI=1S/C27H29N3O4S/c1-28-25(23-10-7-15-35-23)24(19-16-21(33-2)22(34-3)17-20(19)26(28)31)27(32)30-13-11-29(12-14-30)18-8-5-4-6-9-18/h4-10,15-17,24-25H,11-14H2,1-3H3/t24-,25+/m1/s1. The number of carbonyl (C=O) groups is 2. The van der Waals surface area contributed by atoms with Crippen molar-refractivity contribution >= 4 is 28.8 Å². The van der Waals surface area contributed by atoms with E-state index in [2.05, 4.69) is 17.0 Å². The average Bonchev–Trinajstić information content (AvgIpc) is 3.44. The molecule has 0 N–H and O–H groups in total. The largest absolute Gasteiger partial charge is 0.493 e. The number of thiophene rings is 1. The number of para-hydroxylation sites is 1. The van der Waals surface area contributed by atoms with Crippen LogP contribution < -0.4 is 14.4 Å². The lowest BCUT2D eigenvalue weighted by Gasteiger charge is -2.43. The van der Waals surface area contributed by atoms with E-state index >= 15 is 0 Å². The summed E-state index contributed by atoms with van der Waals surface area (Å²) in [4.78, 5) is 34.5. The van der Waals surface area contributed by atoms with Crippen LogP contribution in [0.1, 0.15) is 32.8 Å². The Morgan fingerprint density at radius 1 is 0.943 bits per heavy atom. The van der Waals surface area contributed by atoms with Gasteiger partial charge in [0.05, 0.1) is 26.2 Å². The maximum atomic E-state index is 14.2. The molecule has 35 heavy (non-hydrogen) atoms. The van der Waals surface area contributed by atoms with Crippen molar-refractivity contribution in [3.63, 3.8) is 0 Å². The molecule has 2 aliphatic heterocycles. The van der Waals surface area contributed by atoms with Crippen LogP contribution >= 0.6 is 11.3 Å². The van der Waals surface area contributed by atoms with Crippen molar-refractivity contribution in [3.05, 3.63) is 76.0 Å². The molecule has 5 rings (SSSR count). The Labute approximate surface area is 209 Å². The number of nitrogens with zero attached hydrogens (tertiary/aromatic N) is 3. The summed E-state index contributed by atoms with van der Waals surface area (Å²) in [5.41, 5.74) is 2.35. The van der Waals surface area contributed by atoms with Crippen molar-refractivity contribution in [3.8, 4) is 11.5 Å². The molecule has 7 nitrogen and oxygen atoms in total. The van der Waals surface area contributed by atoms with Crippen LogP contribution in [0.4, 0.5) is 5.69 Å². The zero-order valence-corrected chi connectivity index (χ0v) is 21.0. The van der Waals surface area contributed by atoms with Crippen LogP contribution in [0, 0.1) is 0 Å². The molecule has 0 radical (unpaired) electrons. The number of hydrogen-bond acceptors (Lipinski definition) is 6. The maximum absolute atomic E-state index is 14.2. The van der Waals surface area contributed by atoms with Gasteiger partial charge < -0.3 is 24.2 Å². The summed E-state index contributed by atoms with van der Waals surface area (Å²) in [5.74, 6) is 0.362. The second-order valence-electron chi connectivity index (χ2n) is 8.80. The fourth-order valence-electron chi connectivity index (χ4n) is 5.15. The van der Waals surface area contributed by atoms with Crippen molar-refractivity contribution in [1.82, 2.24) is 9.80 Å². The second-order valence-corrected chi connectivity index (χ2v) is 9.78. The first-order valence-corrected chi connectivity index (χ1v) is 12.6. The summed E-state index contributed by atoms with van der Waals surface area (Å²) in [7, 11) is 4.89. The summed E-state index contributed by atoms with van der Waals surface area (Å²) in [6.07, 6.45) is 0. The van der Waals surface area contributed by atoms with Crippen LogP contribution in [0.5, 0.6) is 11.5 Å². The van der Waals surface area contributed by atoms with Crippen molar-refractivity contribution in [1.29, 1.82) is 0 Å². The topological polar surface area (TPSA) is 62.3 Å². The summed E-state index contributed by atoms with van der Waals surface area (Å²) in [5, 5.41) is 1.98. The molecule has 3 aromatic rings. The van der Waals surface area contributed by atoms with Crippen molar-refractivity contribution < 1.29 is 19.1 Å². The molecule has 0 saturated carbocycles. The van der Waals surface area contributed by atoms with Gasteiger partial charge in [0.2, 0.25) is 5.91 Å². The third-order valence-corrected chi connectivity index (χ3v) is 7.93. The van der Waals surface area contributed by atoms with Crippen LogP contribution in [0.15, 0.2) is 60.0 Å². The van der Waals surface area contributed by atoms with Gasteiger partial charge in [-0.25, -0.2) is 0 Å². The summed E-state index contributed by atoms with van der Waals surface area (Å²) in [6, 6.07) is 17.4. The SMILES string of the molecule is COc1cc2c(cc1OC)[C@@H](C(=O)N1CCN(c3ccccc3)CC1)[C@H](c1cccs1)N(C)C2=O. The number of ether oxygens (including phenoxy) is 2. The van der Waals surface area contributed by atoms with Gasteiger partial charge in [0, 0.05) is 49.4 Å². The molecule has 2 aromatic carbocycles. The van der Waals surface area contributed by atoms with Gasteiger partial charge in [-0.3, -0.25) is 9.59 Å². The summed E-state index contributed by atoms with van der Waals surface area (Å²) >= 11 is 1.56. The number of likely N-dealkylation sites (N-methyl/N-ethyl adjacent to an activating group) is 1. The van der Waals surface area contributed by atoms with Crippen LogP contribution in [0.2, 0.25) is 0 Å². The average molecular weight is 492 g/mol. The number of methoxy groups -OCH3 is 2. The summed E-state index contributed by atoms with van der Waals surface area (Å²) < 4.78 is 11.0. The Morgan fingerprint density at radius 2 is 1.63 bits per heavy atom. The minimum atomic E-state index is -0.533. The lowest BCUT2D eigenvalue weighted by Crippen LogP contribution is -2.53. The number of rotatable bonds is 5. The predicted octanol–water partition coefficient (Wildman–Crippen LogP) is 4.02. The monoisotopic (exact) mass is 491 g/mol.